The second-order valence-electron chi connectivity index (χ2n) is 6.04. The normalized spacial score (nSPS) is 26.1. The van der Waals surface area contributed by atoms with Crippen molar-refractivity contribution in [1.29, 1.82) is 0 Å². The van der Waals surface area contributed by atoms with Gasteiger partial charge in [0.2, 0.25) is 0 Å². The summed E-state index contributed by atoms with van der Waals surface area (Å²) in [5.41, 5.74) is 0. The number of carbonyl (C=O) groups is 3. The first-order valence-corrected chi connectivity index (χ1v) is 9.68. The molecular formula is C12H20O4Si. The average Bonchev–Trinajstić information content (AvgIpc) is 2.13. The van der Waals surface area contributed by atoms with E-state index in [2.05, 4.69) is 19.6 Å². The summed E-state index contributed by atoms with van der Waals surface area (Å²) in [4.78, 5) is 34.1. The third-order valence-electron chi connectivity index (χ3n) is 3.24. The molecule has 0 amide bonds. The monoisotopic (exact) mass is 256 g/mol. The van der Waals surface area contributed by atoms with Gasteiger partial charge in [0.05, 0.1) is 12.3 Å². The Morgan fingerprint density at radius 3 is 2.41 bits per heavy atom. The van der Waals surface area contributed by atoms with Crippen LogP contribution in [0, 0.1) is 11.8 Å². The lowest BCUT2D eigenvalue weighted by molar-refractivity contribution is -0.152. The Morgan fingerprint density at radius 1 is 1.35 bits per heavy atom. The van der Waals surface area contributed by atoms with Crippen LogP contribution in [0.1, 0.15) is 19.3 Å². The van der Waals surface area contributed by atoms with Crippen molar-refractivity contribution in [3.8, 4) is 0 Å². The highest BCUT2D eigenvalue weighted by molar-refractivity contribution is 6.76. The summed E-state index contributed by atoms with van der Waals surface area (Å²) in [6.45, 7) is 6.59. The number of ketones is 2. The van der Waals surface area contributed by atoms with Crippen molar-refractivity contribution in [2.24, 2.45) is 11.8 Å². The Morgan fingerprint density at radius 2 is 1.94 bits per heavy atom. The van der Waals surface area contributed by atoms with Gasteiger partial charge in [-0.2, -0.15) is 0 Å². The van der Waals surface area contributed by atoms with Gasteiger partial charge in [0.25, 0.3) is 0 Å². The van der Waals surface area contributed by atoms with E-state index in [0.717, 1.165) is 6.04 Å². The van der Waals surface area contributed by atoms with Crippen LogP contribution in [0.25, 0.3) is 0 Å². The molecule has 17 heavy (non-hydrogen) atoms. The molecule has 96 valence electrons. The van der Waals surface area contributed by atoms with E-state index in [-0.39, 0.29) is 24.4 Å². The number of hydrogen-bond acceptors (Lipinski definition) is 3. The standard InChI is InChI=1S/C12H20O4Si/c1-17(2,3)5-4-9-10(12(15)16)6-8(13)7-11(9)14/h9-10H,4-7H2,1-3H3,(H,15,16). The van der Waals surface area contributed by atoms with E-state index in [0.29, 0.717) is 6.42 Å². The van der Waals surface area contributed by atoms with Crippen LogP contribution in [0.4, 0.5) is 0 Å². The summed E-state index contributed by atoms with van der Waals surface area (Å²) in [5, 5.41) is 9.08. The van der Waals surface area contributed by atoms with E-state index in [1.807, 2.05) is 0 Å². The van der Waals surface area contributed by atoms with Gasteiger partial charge in [-0.15, -0.1) is 0 Å². The second kappa shape index (κ2) is 5.12. The predicted octanol–water partition coefficient (Wildman–Crippen LogP) is 1.96. The molecule has 1 saturated carbocycles. The molecule has 2 unspecified atom stereocenters. The molecule has 1 rings (SSSR count). The van der Waals surface area contributed by atoms with Crippen LogP contribution in [0.2, 0.25) is 25.7 Å². The van der Waals surface area contributed by atoms with Gasteiger partial charge < -0.3 is 5.11 Å². The van der Waals surface area contributed by atoms with E-state index >= 15 is 0 Å². The van der Waals surface area contributed by atoms with Crippen molar-refractivity contribution in [2.75, 3.05) is 0 Å². The zero-order valence-corrected chi connectivity index (χ0v) is 11.7. The lowest BCUT2D eigenvalue weighted by Crippen LogP contribution is -2.38. The Bertz CT molecular complexity index is 343. The lowest BCUT2D eigenvalue weighted by atomic mass is 9.76. The number of Topliss-reactive ketones (excluding diaryl/α,β-unsaturated/α-hetero) is 2. The number of carbonyl (C=O) groups excluding carboxylic acids is 2. The van der Waals surface area contributed by atoms with Crippen LogP contribution in [0.15, 0.2) is 0 Å². The van der Waals surface area contributed by atoms with E-state index in [9.17, 15) is 14.4 Å². The van der Waals surface area contributed by atoms with Crippen molar-refractivity contribution < 1.29 is 19.5 Å². The van der Waals surface area contributed by atoms with Gasteiger partial charge in [-0.1, -0.05) is 25.7 Å². The number of carboxylic acids is 1. The van der Waals surface area contributed by atoms with E-state index in [1.165, 1.54) is 0 Å². The van der Waals surface area contributed by atoms with Crippen molar-refractivity contribution in [3.63, 3.8) is 0 Å². The maximum atomic E-state index is 11.8. The molecule has 1 fully saturated rings. The van der Waals surface area contributed by atoms with Crippen LogP contribution in [0.5, 0.6) is 0 Å². The van der Waals surface area contributed by atoms with Crippen LogP contribution in [0.3, 0.4) is 0 Å². The summed E-state index contributed by atoms with van der Waals surface area (Å²) in [7, 11) is -1.28. The minimum atomic E-state index is -1.28. The molecule has 0 spiro atoms. The van der Waals surface area contributed by atoms with Gasteiger partial charge in [0.1, 0.15) is 11.6 Å². The first-order chi connectivity index (χ1) is 7.70. The quantitative estimate of drug-likeness (QED) is 0.616. The number of hydrogen-bond donors (Lipinski definition) is 1. The Labute approximate surface area is 102 Å². The minimum Gasteiger partial charge on any atom is -0.481 e. The fourth-order valence-corrected chi connectivity index (χ4v) is 3.40. The number of aliphatic carboxylic acids is 1. The van der Waals surface area contributed by atoms with Gasteiger partial charge in [-0.3, -0.25) is 14.4 Å². The van der Waals surface area contributed by atoms with E-state index in [1.54, 1.807) is 0 Å². The molecule has 0 radical (unpaired) electrons. The minimum absolute atomic E-state index is 0.0252. The summed E-state index contributed by atoms with van der Waals surface area (Å²) in [6, 6.07) is 0.932. The van der Waals surface area contributed by atoms with Crippen LogP contribution < -0.4 is 0 Å². The van der Waals surface area contributed by atoms with Crippen molar-refractivity contribution in [2.45, 2.75) is 44.9 Å². The number of rotatable bonds is 4. The highest BCUT2D eigenvalue weighted by atomic mass is 28.3. The summed E-state index contributed by atoms with van der Waals surface area (Å²) in [6.07, 6.45) is 0.580. The molecule has 0 saturated heterocycles. The summed E-state index contributed by atoms with van der Waals surface area (Å²) < 4.78 is 0. The van der Waals surface area contributed by atoms with Crippen LogP contribution in [-0.2, 0) is 14.4 Å². The second-order valence-corrected chi connectivity index (χ2v) is 11.7. The molecular weight excluding hydrogens is 236 g/mol. The van der Waals surface area contributed by atoms with Crippen molar-refractivity contribution >= 4 is 25.6 Å². The van der Waals surface area contributed by atoms with Gasteiger partial charge in [-0.05, 0) is 6.42 Å². The highest BCUT2D eigenvalue weighted by Gasteiger charge is 2.40. The molecule has 0 aromatic rings. The fourth-order valence-electron chi connectivity index (χ4n) is 2.22. The Hall–Kier alpha value is -0.973. The third kappa shape index (κ3) is 4.07. The van der Waals surface area contributed by atoms with Gasteiger partial charge in [-0.25, -0.2) is 0 Å². The molecule has 2 atom stereocenters. The SMILES string of the molecule is C[Si](C)(C)CCC1C(=O)CC(=O)CC1C(=O)O. The zero-order valence-electron chi connectivity index (χ0n) is 10.7. The molecule has 0 bridgehead atoms. The molecule has 1 aliphatic rings. The largest absolute Gasteiger partial charge is 0.481 e. The third-order valence-corrected chi connectivity index (χ3v) is 5.03. The summed E-state index contributed by atoms with van der Waals surface area (Å²) >= 11 is 0. The maximum Gasteiger partial charge on any atom is 0.307 e. The predicted molar refractivity (Wildman–Crippen MR) is 66.6 cm³/mol. The van der Waals surface area contributed by atoms with Gasteiger partial charge in [0.15, 0.2) is 0 Å². The topological polar surface area (TPSA) is 71.4 Å². The van der Waals surface area contributed by atoms with Crippen LogP contribution in [-0.4, -0.2) is 30.7 Å². The average molecular weight is 256 g/mol. The summed E-state index contributed by atoms with van der Waals surface area (Å²) in [5.74, 6) is -2.65. The molecule has 5 heteroatoms. The van der Waals surface area contributed by atoms with Gasteiger partial charge in [0, 0.05) is 20.4 Å². The lowest BCUT2D eigenvalue weighted by Gasteiger charge is -2.28. The zero-order chi connectivity index (χ0) is 13.2. The molecule has 0 aliphatic heterocycles. The maximum absolute atomic E-state index is 11.8. The Balaban J connectivity index is 2.74. The fraction of sp³-hybridized carbons (Fsp3) is 0.750. The molecule has 1 N–H and O–H groups in total. The van der Waals surface area contributed by atoms with Crippen LogP contribution >= 0.6 is 0 Å². The Kier molecular flexibility index (Phi) is 4.24. The van der Waals surface area contributed by atoms with Gasteiger partial charge >= 0.3 is 5.97 Å². The van der Waals surface area contributed by atoms with Crippen molar-refractivity contribution in [3.05, 3.63) is 0 Å². The molecule has 4 nitrogen and oxygen atoms in total. The smallest absolute Gasteiger partial charge is 0.307 e. The first-order valence-electron chi connectivity index (χ1n) is 5.98. The molecule has 1 aliphatic carbocycles. The first kappa shape index (κ1) is 14.1. The van der Waals surface area contributed by atoms with E-state index < -0.39 is 25.9 Å². The molecule has 0 aromatic carbocycles. The highest BCUT2D eigenvalue weighted by Crippen LogP contribution is 2.31. The number of carboxylic acid groups (broad SMARTS) is 1. The van der Waals surface area contributed by atoms with Crippen molar-refractivity contribution in [1.82, 2.24) is 0 Å². The molecule has 0 aromatic heterocycles. The van der Waals surface area contributed by atoms with E-state index in [4.69, 9.17) is 5.11 Å². The molecule has 0 heterocycles.